The summed E-state index contributed by atoms with van der Waals surface area (Å²) in [5, 5.41) is 7.66. The van der Waals surface area contributed by atoms with Crippen molar-refractivity contribution in [1.82, 2.24) is 14.8 Å². The fourth-order valence-electron chi connectivity index (χ4n) is 3.63. The Labute approximate surface area is 140 Å². The Hall–Kier alpha value is -2.63. The van der Waals surface area contributed by atoms with E-state index in [9.17, 15) is 4.79 Å². The molecule has 6 nitrogen and oxygen atoms in total. The van der Waals surface area contributed by atoms with E-state index >= 15 is 0 Å². The molecule has 0 radical (unpaired) electrons. The zero-order valence-electron chi connectivity index (χ0n) is 13.8. The summed E-state index contributed by atoms with van der Waals surface area (Å²) in [5.74, 6) is 1.97. The van der Waals surface area contributed by atoms with Gasteiger partial charge in [0.05, 0.1) is 6.61 Å². The third kappa shape index (κ3) is 2.29. The average Bonchev–Trinajstić information content (AvgIpc) is 3.01. The number of ether oxygens (including phenoxy) is 1. The van der Waals surface area contributed by atoms with E-state index in [1.165, 1.54) is 6.33 Å². The highest BCUT2D eigenvalue weighted by Gasteiger charge is 2.38. The summed E-state index contributed by atoms with van der Waals surface area (Å²) in [6.45, 7) is 4.63. The Kier molecular flexibility index (Phi) is 3.59. The molecule has 1 aromatic heterocycles. The summed E-state index contributed by atoms with van der Waals surface area (Å²) in [7, 11) is 0. The maximum Gasteiger partial charge on any atom is 0.226 e. The van der Waals surface area contributed by atoms with Gasteiger partial charge in [0.25, 0.3) is 0 Å². The monoisotopic (exact) mass is 324 g/mol. The van der Waals surface area contributed by atoms with Gasteiger partial charge in [-0.1, -0.05) is 25.1 Å². The lowest BCUT2D eigenvalue weighted by atomic mass is 9.81. The van der Waals surface area contributed by atoms with E-state index in [1.807, 2.05) is 31.2 Å². The molecular formula is C18H20N4O2. The lowest BCUT2D eigenvalue weighted by Crippen LogP contribution is -2.33. The van der Waals surface area contributed by atoms with Crippen LogP contribution in [0.1, 0.15) is 38.3 Å². The number of nitrogens with zero attached hydrogens (tertiary/aromatic N) is 3. The van der Waals surface area contributed by atoms with Crippen molar-refractivity contribution >= 4 is 11.7 Å². The van der Waals surface area contributed by atoms with Gasteiger partial charge in [0.2, 0.25) is 5.95 Å². The van der Waals surface area contributed by atoms with Gasteiger partial charge in [-0.15, -0.1) is 0 Å². The molecule has 0 amide bonds. The molecule has 0 saturated carbocycles. The number of nitrogens with one attached hydrogen (secondary N) is 1. The van der Waals surface area contributed by atoms with E-state index in [4.69, 9.17) is 4.74 Å². The van der Waals surface area contributed by atoms with Crippen LogP contribution in [0.4, 0.5) is 5.95 Å². The van der Waals surface area contributed by atoms with Crippen LogP contribution in [0.5, 0.6) is 5.75 Å². The second-order valence-electron chi connectivity index (χ2n) is 6.36. The van der Waals surface area contributed by atoms with Crippen LogP contribution in [0.15, 0.2) is 41.9 Å². The second-order valence-corrected chi connectivity index (χ2v) is 6.36. The number of fused-ring (bicyclic) bond motifs is 1. The second kappa shape index (κ2) is 5.78. The quantitative estimate of drug-likeness (QED) is 0.940. The normalized spacial score (nSPS) is 22.7. The zero-order chi connectivity index (χ0) is 16.7. The number of hydrogen-bond donors (Lipinski definition) is 1. The largest absolute Gasteiger partial charge is 0.494 e. The molecular weight excluding hydrogens is 304 g/mol. The van der Waals surface area contributed by atoms with Crippen LogP contribution in [-0.2, 0) is 4.79 Å². The number of allylic oxidation sites excluding steroid dienone is 2. The highest BCUT2D eigenvalue weighted by atomic mass is 16.5. The van der Waals surface area contributed by atoms with Crippen molar-refractivity contribution in [2.45, 2.75) is 32.7 Å². The first-order chi connectivity index (χ1) is 11.7. The zero-order valence-corrected chi connectivity index (χ0v) is 13.8. The molecule has 0 bridgehead atoms. The van der Waals surface area contributed by atoms with Crippen molar-refractivity contribution in [3.05, 3.63) is 47.4 Å². The topological polar surface area (TPSA) is 69.0 Å². The summed E-state index contributed by atoms with van der Waals surface area (Å²) in [6.07, 6.45) is 2.93. The number of para-hydroxylation sites is 1. The number of hydrogen-bond acceptors (Lipinski definition) is 5. The minimum atomic E-state index is -0.290. The summed E-state index contributed by atoms with van der Waals surface area (Å²) in [5.41, 5.74) is 2.71. The lowest BCUT2D eigenvalue weighted by molar-refractivity contribution is -0.117. The lowest BCUT2D eigenvalue weighted by Gasteiger charge is -2.34. The van der Waals surface area contributed by atoms with Gasteiger partial charge in [0.1, 0.15) is 18.1 Å². The number of anilines is 1. The number of benzene rings is 1. The Morgan fingerprint density at radius 1 is 1.33 bits per heavy atom. The van der Waals surface area contributed by atoms with Crippen molar-refractivity contribution in [2.75, 3.05) is 11.9 Å². The molecule has 1 aliphatic carbocycles. The fourth-order valence-corrected chi connectivity index (χ4v) is 3.63. The van der Waals surface area contributed by atoms with E-state index in [0.29, 0.717) is 24.9 Å². The Bertz CT molecular complexity index is 824. The molecule has 1 N–H and O–H groups in total. The number of rotatable bonds is 3. The Morgan fingerprint density at radius 2 is 2.17 bits per heavy atom. The minimum absolute atomic E-state index is 0.175. The van der Waals surface area contributed by atoms with Crippen molar-refractivity contribution in [2.24, 2.45) is 5.92 Å². The van der Waals surface area contributed by atoms with Crippen LogP contribution in [-0.4, -0.2) is 27.2 Å². The molecule has 4 rings (SSSR count). The van der Waals surface area contributed by atoms with Crippen LogP contribution in [0.25, 0.3) is 0 Å². The molecule has 1 aromatic carbocycles. The van der Waals surface area contributed by atoms with E-state index in [-0.39, 0.29) is 11.8 Å². The number of carbonyl (C=O) groups excluding carboxylic acids is 1. The first-order valence-corrected chi connectivity index (χ1v) is 8.33. The number of Topliss-reactive ketones (excluding diaryl/α,β-unsaturated/α-hetero) is 1. The third-order valence-corrected chi connectivity index (χ3v) is 4.58. The molecule has 1 aliphatic heterocycles. The van der Waals surface area contributed by atoms with Gasteiger partial charge in [-0.25, -0.2) is 4.68 Å². The molecule has 2 aromatic rings. The summed E-state index contributed by atoms with van der Waals surface area (Å²) < 4.78 is 7.58. The molecule has 0 saturated heterocycles. The molecule has 0 unspecified atom stereocenters. The Balaban J connectivity index is 1.91. The smallest absolute Gasteiger partial charge is 0.226 e. The van der Waals surface area contributed by atoms with Gasteiger partial charge < -0.3 is 10.1 Å². The predicted octanol–water partition coefficient (Wildman–Crippen LogP) is 2.94. The van der Waals surface area contributed by atoms with Gasteiger partial charge in [-0.05, 0) is 25.3 Å². The number of carbonyl (C=O) groups is 1. The van der Waals surface area contributed by atoms with Gasteiger partial charge >= 0.3 is 0 Å². The summed E-state index contributed by atoms with van der Waals surface area (Å²) in [4.78, 5) is 17.1. The minimum Gasteiger partial charge on any atom is -0.494 e. The molecule has 24 heavy (non-hydrogen) atoms. The van der Waals surface area contributed by atoms with Gasteiger partial charge in [0.15, 0.2) is 5.78 Å². The van der Waals surface area contributed by atoms with E-state index in [1.54, 1.807) is 4.68 Å². The number of ketones is 1. The van der Waals surface area contributed by atoms with Crippen molar-refractivity contribution < 1.29 is 9.53 Å². The molecule has 124 valence electrons. The molecule has 0 spiro atoms. The first kappa shape index (κ1) is 14.9. The third-order valence-electron chi connectivity index (χ3n) is 4.58. The van der Waals surface area contributed by atoms with Crippen LogP contribution < -0.4 is 10.1 Å². The van der Waals surface area contributed by atoms with E-state index in [0.717, 1.165) is 29.0 Å². The van der Waals surface area contributed by atoms with Crippen LogP contribution in [0, 0.1) is 5.92 Å². The fraction of sp³-hybridized carbons (Fsp3) is 0.389. The van der Waals surface area contributed by atoms with E-state index in [2.05, 4.69) is 22.3 Å². The summed E-state index contributed by atoms with van der Waals surface area (Å²) >= 11 is 0. The molecule has 6 heteroatoms. The van der Waals surface area contributed by atoms with Crippen molar-refractivity contribution in [3.8, 4) is 5.75 Å². The van der Waals surface area contributed by atoms with Crippen molar-refractivity contribution in [1.29, 1.82) is 0 Å². The average molecular weight is 324 g/mol. The first-order valence-electron chi connectivity index (χ1n) is 8.33. The SMILES string of the molecule is CCOc1ccccc1[C@H]1C2=C(C[C@@H](C)CC2=O)Nc2ncnn21. The summed E-state index contributed by atoms with van der Waals surface area (Å²) in [6, 6.07) is 7.56. The van der Waals surface area contributed by atoms with Crippen LogP contribution in [0.2, 0.25) is 0 Å². The highest BCUT2D eigenvalue weighted by molar-refractivity contribution is 5.99. The maximum atomic E-state index is 12.8. The van der Waals surface area contributed by atoms with Gasteiger partial charge in [-0.3, -0.25) is 4.79 Å². The van der Waals surface area contributed by atoms with Gasteiger partial charge in [0, 0.05) is 23.3 Å². The molecule has 2 atom stereocenters. The predicted molar refractivity (Wildman–Crippen MR) is 89.8 cm³/mol. The van der Waals surface area contributed by atoms with Crippen molar-refractivity contribution in [3.63, 3.8) is 0 Å². The van der Waals surface area contributed by atoms with E-state index < -0.39 is 0 Å². The highest BCUT2D eigenvalue weighted by Crippen LogP contribution is 2.43. The maximum absolute atomic E-state index is 12.8. The number of aromatic nitrogens is 3. The Morgan fingerprint density at radius 3 is 3.00 bits per heavy atom. The molecule has 2 heterocycles. The van der Waals surface area contributed by atoms with Crippen LogP contribution >= 0.6 is 0 Å². The van der Waals surface area contributed by atoms with Crippen LogP contribution in [0.3, 0.4) is 0 Å². The molecule has 2 aliphatic rings. The van der Waals surface area contributed by atoms with Gasteiger partial charge in [-0.2, -0.15) is 10.1 Å². The molecule has 0 fully saturated rings. The standard InChI is InChI=1S/C18H20N4O2/c1-3-24-15-7-5-4-6-12(15)17-16-13(8-11(2)9-14(16)23)21-18-19-10-20-22(17)18/h4-7,10-11,17H,3,8-9H2,1-2H3,(H,19,20,21)/t11-,17+/m1/s1.